The van der Waals surface area contributed by atoms with E-state index in [1.54, 1.807) is 34.0 Å². The summed E-state index contributed by atoms with van der Waals surface area (Å²) in [5.74, 6) is 1.30. The van der Waals surface area contributed by atoms with Crippen LogP contribution >= 0.6 is 23.1 Å². The molecule has 0 aliphatic rings. The molecule has 8 nitrogen and oxygen atoms in total. The number of unbranched alkanes of at least 4 members (excludes halogenated alkanes) is 1. The van der Waals surface area contributed by atoms with Gasteiger partial charge in [-0.3, -0.25) is 14.3 Å². The van der Waals surface area contributed by atoms with E-state index in [4.69, 9.17) is 0 Å². The van der Waals surface area contributed by atoms with Gasteiger partial charge >= 0.3 is 5.69 Å². The molecule has 4 rings (SSSR count). The van der Waals surface area contributed by atoms with Crippen molar-refractivity contribution in [3.8, 4) is 0 Å². The smallest absolute Gasteiger partial charge is 0.322 e. The Bertz CT molecular complexity index is 1250. The number of fused-ring (bicyclic) bond motifs is 2. The lowest BCUT2D eigenvalue weighted by Gasteiger charge is -2.06. The highest BCUT2D eigenvalue weighted by Crippen LogP contribution is 2.30. The molecule has 0 unspecified atom stereocenters. The molecule has 4 heterocycles. The number of aryl methyl sites for hydroxylation is 2. The Morgan fingerprint density at radius 1 is 1.21 bits per heavy atom. The maximum atomic E-state index is 12.5. The molecule has 0 radical (unpaired) electrons. The van der Waals surface area contributed by atoms with Crippen LogP contribution in [0.3, 0.4) is 0 Å². The predicted molar refractivity (Wildman–Crippen MR) is 112 cm³/mol. The average molecular weight is 417 g/mol. The highest BCUT2D eigenvalue weighted by molar-refractivity contribution is 7.98. The van der Waals surface area contributed by atoms with Crippen LogP contribution in [0, 0.1) is 0 Å². The number of nitrogens with zero attached hydrogens (tertiary/aromatic N) is 5. The van der Waals surface area contributed by atoms with Crippen LogP contribution in [0.5, 0.6) is 0 Å². The van der Waals surface area contributed by atoms with Crippen LogP contribution in [0.15, 0.2) is 32.4 Å². The molecule has 28 heavy (non-hydrogen) atoms. The highest BCUT2D eigenvalue weighted by Gasteiger charge is 2.18. The summed E-state index contributed by atoms with van der Waals surface area (Å²) in [5.41, 5.74) is 0.127. The van der Waals surface area contributed by atoms with E-state index in [1.807, 2.05) is 22.9 Å². The third-order valence-electron chi connectivity index (χ3n) is 4.58. The van der Waals surface area contributed by atoms with E-state index < -0.39 is 5.69 Å². The van der Waals surface area contributed by atoms with E-state index in [0.717, 1.165) is 33.9 Å². The van der Waals surface area contributed by atoms with Gasteiger partial charge in [-0.1, -0.05) is 25.1 Å². The minimum absolute atomic E-state index is 0.388. The molecular weight excluding hydrogens is 396 g/mol. The van der Waals surface area contributed by atoms with Crippen LogP contribution in [-0.4, -0.2) is 29.1 Å². The van der Waals surface area contributed by atoms with E-state index in [0.29, 0.717) is 30.0 Å². The molecule has 4 aromatic heterocycles. The fraction of sp³-hybridized carbons (Fsp3) is 0.389. The Hall–Kier alpha value is -2.46. The van der Waals surface area contributed by atoms with Crippen LogP contribution in [-0.2, 0) is 18.8 Å². The summed E-state index contributed by atoms with van der Waals surface area (Å²) in [6, 6.07) is 2.01. The van der Waals surface area contributed by atoms with Crippen molar-refractivity contribution in [2.75, 3.05) is 0 Å². The van der Waals surface area contributed by atoms with Gasteiger partial charge in [0.15, 0.2) is 11.2 Å². The molecule has 0 saturated heterocycles. The largest absolute Gasteiger partial charge is 0.330 e. The Morgan fingerprint density at radius 3 is 2.86 bits per heavy atom. The number of imidazole rings is 1. The van der Waals surface area contributed by atoms with Gasteiger partial charge < -0.3 is 4.57 Å². The Morgan fingerprint density at radius 2 is 2.07 bits per heavy atom. The van der Waals surface area contributed by atoms with E-state index in [9.17, 15) is 9.59 Å². The molecule has 0 fully saturated rings. The van der Waals surface area contributed by atoms with Crippen LogP contribution in [0.4, 0.5) is 0 Å². The van der Waals surface area contributed by atoms with Gasteiger partial charge in [0, 0.05) is 18.5 Å². The second-order valence-corrected chi connectivity index (χ2v) is 8.17. The van der Waals surface area contributed by atoms with Gasteiger partial charge in [-0.05, 0) is 24.8 Å². The fourth-order valence-electron chi connectivity index (χ4n) is 3.21. The monoisotopic (exact) mass is 416 g/mol. The van der Waals surface area contributed by atoms with Gasteiger partial charge in [-0.15, -0.1) is 11.3 Å². The van der Waals surface area contributed by atoms with Crippen molar-refractivity contribution < 1.29 is 0 Å². The molecule has 0 aliphatic carbocycles. The zero-order valence-corrected chi connectivity index (χ0v) is 17.3. The first-order valence-corrected chi connectivity index (χ1v) is 11.0. The van der Waals surface area contributed by atoms with Crippen LogP contribution in [0.1, 0.15) is 32.5 Å². The first-order chi connectivity index (χ1) is 13.6. The molecule has 4 aromatic rings. The van der Waals surface area contributed by atoms with Crippen LogP contribution < -0.4 is 11.2 Å². The van der Waals surface area contributed by atoms with Gasteiger partial charge in [0.25, 0.3) is 5.56 Å². The van der Waals surface area contributed by atoms with Gasteiger partial charge in [-0.2, -0.15) is 0 Å². The third-order valence-corrected chi connectivity index (χ3v) is 6.40. The number of nitrogens with one attached hydrogen (secondary N) is 1. The zero-order chi connectivity index (χ0) is 19.7. The Kier molecular flexibility index (Phi) is 5.31. The summed E-state index contributed by atoms with van der Waals surface area (Å²) in [7, 11) is 0. The maximum Gasteiger partial charge on any atom is 0.330 e. The van der Waals surface area contributed by atoms with Crippen molar-refractivity contribution in [2.45, 2.75) is 50.6 Å². The summed E-state index contributed by atoms with van der Waals surface area (Å²) in [4.78, 5) is 41.5. The molecule has 0 aromatic carbocycles. The second-order valence-electron chi connectivity index (χ2n) is 6.32. The Labute approximate surface area is 168 Å². The Balaban J connectivity index is 1.76. The number of rotatable bonds is 7. The second kappa shape index (κ2) is 7.88. The lowest BCUT2D eigenvalue weighted by atomic mass is 10.3. The van der Waals surface area contributed by atoms with Crippen molar-refractivity contribution in [3.05, 3.63) is 44.4 Å². The normalized spacial score (nSPS) is 11.6. The molecule has 0 atom stereocenters. The van der Waals surface area contributed by atoms with Gasteiger partial charge in [-0.25, -0.2) is 19.7 Å². The summed E-state index contributed by atoms with van der Waals surface area (Å²) < 4.78 is 3.46. The first kappa shape index (κ1) is 18.9. The molecule has 0 aliphatic heterocycles. The summed E-state index contributed by atoms with van der Waals surface area (Å²) in [6.07, 6.45) is 3.37. The predicted octanol–water partition coefficient (Wildman–Crippen LogP) is 3.00. The number of aromatic amines is 1. The number of thioether (sulfide) groups is 1. The SMILES string of the molecule is CCCCn1c(=O)[nH]c(=O)c2c1nc(CSc1ncnc3sccc13)n2CC. The summed E-state index contributed by atoms with van der Waals surface area (Å²) in [5, 5.41) is 3.91. The number of hydrogen-bond acceptors (Lipinski definition) is 7. The standard InChI is InChI=1S/C18H20N6O2S2/c1-3-5-7-24-14-13(15(25)22-18(24)26)23(4-2)12(21-14)9-28-17-11-6-8-27-16(11)19-10-20-17/h6,8,10H,3-5,7,9H2,1-2H3,(H,22,25,26). The molecule has 0 bridgehead atoms. The molecule has 146 valence electrons. The van der Waals surface area contributed by atoms with Crippen molar-refractivity contribution in [1.82, 2.24) is 29.1 Å². The summed E-state index contributed by atoms with van der Waals surface area (Å²) >= 11 is 3.14. The average Bonchev–Trinajstić information content (AvgIpc) is 3.31. The van der Waals surface area contributed by atoms with Crippen molar-refractivity contribution in [3.63, 3.8) is 0 Å². The van der Waals surface area contributed by atoms with Crippen molar-refractivity contribution >= 4 is 44.5 Å². The number of hydrogen-bond donors (Lipinski definition) is 1. The first-order valence-electron chi connectivity index (χ1n) is 9.17. The number of thiophene rings is 1. The topological polar surface area (TPSA) is 98.5 Å². The lowest BCUT2D eigenvalue weighted by molar-refractivity contribution is 0.613. The summed E-state index contributed by atoms with van der Waals surface area (Å²) in [6.45, 7) is 5.17. The quantitative estimate of drug-likeness (QED) is 0.367. The van der Waals surface area contributed by atoms with Crippen LogP contribution in [0.2, 0.25) is 0 Å². The van der Waals surface area contributed by atoms with E-state index in [-0.39, 0.29) is 5.56 Å². The zero-order valence-electron chi connectivity index (χ0n) is 15.6. The fourth-order valence-corrected chi connectivity index (χ4v) is 4.93. The third kappa shape index (κ3) is 3.26. The molecule has 0 amide bonds. The van der Waals surface area contributed by atoms with Gasteiger partial charge in [0.1, 0.15) is 22.0 Å². The highest BCUT2D eigenvalue weighted by atomic mass is 32.2. The van der Waals surface area contributed by atoms with Crippen molar-refractivity contribution in [2.24, 2.45) is 0 Å². The number of aromatic nitrogens is 6. The van der Waals surface area contributed by atoms with E-state index in [1.165, 1.54) is 0 Å². The molecule has 0 saturated carbocycles. The number of H-pyrrole nitrogens is 1. The maximum absolute atomic E-state index is 12.5. The van der Waals surface area contributed by atoms with Crippen molar-refractivity contribution in [1.29, 1.82) is 0 Å². The van der Waals surface area contributed by atoms with Gasteiger partial charge in [0.2, 0.25) is 0 Å². The molecular formula is C18H20N6O2S2. The molecule has 1 N–H and O–H groups in total. The van der Waals surface area contributed by atoms with Crippen LogP contribution in [0.25, 0.3) is 21.4 Å². The lowest BCUT2D eigenvalue weighted by Crippen LogP contribution is -2.31. The van der Waals surface area contributed by atoms with E-state index in [2.05, 4.69) is 26.9 Å². The minimum Gasteiger partial charge on any atom is -0.322 e. The molecule has 10 heteroatoms. The molecule has 0 spiro atoms. The van der Waals surface area contributed by atoms with E-state index >= 15 is 0 Å². The minimum atomic E-state index is -0.401. The van der Waals surface area contributed by atoms with Gasteiger partial charge in [0.05, 0.1) is 5.75 Å².